The summed E-state index contributed by atoms with van der Waals surface area (Å²) in [5.74, 6) is 2.46. The van der Waals surface area contributed by atoms with Gasteiger partial charge >= 0.3 is 0 Å². The van der Waals surface area contributed by atoms with Gasteiger partial charge in [0.05, 0.1) is 0 Å². The van der Waals surface area contributed by atoms with Gasteiger partial charge in [0.25, 0.3) is 0 Å². The van der Waals surface area contributed by atoms with Crippen LogP contribution in [0.5, 0.6) is 0 Å². The van der Waals surface area contributed by atoms with Crippen molar-refractivity contribution in [2.75, 3.05) is 18.0 Å². The van der Waals surface area contributed by atoms with Gasteiger partial charge in [0.2, 0.25) is 0 Å². The molecule has 0 radical (unpaired) electrons. The molecule has 1 aromatic heterocycles. The first-order chi connectivity index (χ1) is 7.24. The average molecular weight is 206 g/mol. The van der Waals surface area contributed by atoms with E-state index in [2.05, 4.69) is 21.2 Å². The first-order valence-electron chi connectivity index (χ1n) is 5.76. The van der Waals surface area contributed by atoms with E-state index >= 15 is 0 Å². The molecule has 0 aromatic carbocycles. The van der Waals surface area contributed by atoms with Crippen LogP contribution in [-0.4, -0.2) is 29.3 Å². The van der Waals surface area contributed by atoms with E-state index in [1.807, 2.05) is 6.92 Å². The summed E-state index contributed by atoms with van der Waals surface area (Å²) in [4.78, 5) is 2.38. The Morgan fingerprint density at radius 2 is 2.07 bits per heavy atom. The van der Waals surface area contributed by atoms with E-state index < -0.39 is 0 Å². The lowest BCUT2D eigenvalue weighted by Gasteiger charge is -2.36. The first kappa shape index (κ1) is 9.21. The van der Waals surface area contributed by atoms with Gasteiger partial charge in [0.15, 0.2) is 5.82 Å². The molecule has 0 spiro atoms. The molecular weight excluding hydrogens is 188 g/mol. The van der Waals surface area contributed by atoms with E-state index in [0.29, 0.717) is 17.9 Å². The van der Waals surface area contributed by atoms with Gasteiger partial charge in [-0.25, -0.2) is 0 Å². The Hall–Kier alpha value is -1.03. The summed E-state index contributed by atoms with van der Waals surface area (Å²) in [6.07, 6.45) is 2.59. The number of hydrogen-bond donors (Lipinski definition) is 2. The molecule has 2 aliphatic rings. The maximum Gasteiger partial charge on any atom is 0.150 e. The van der Waals surface area contributed by atoms with Crippen molar-refractivity contribution in [2.24, 2.45) is 17.6 Å². The van der Waals surface area contributed by atoms with Crippen LogP contribution in [0.3, 0.4) is 0 Å². The zero-order valence-corrected chi connectivity index (χ0v) is 9.11. The van der Waals surface area contributed by atoms with Crippen LogP contribution in [0.2, 0.25) is 0 Å². The molecule has 0 amide bonds. The van der Waals surface area contributed by atoms with Crippen molar-refractivity contribution in [1.82, 2.24) is 10.2 Å². The molecule has 1 saturated carbocycles. The molecule has 1 aromatic rings. The van der Waals surface area contributed by atoms with Crippen LogP contribution in [-0.2, 0) is 0 Å². The molecule has 4 nitrogen and oxygen atoms in total. The standard InChI is InChI=1S/C11H18N4/c1-7-4-10(14-13-7)15-5-8-2-3-9(6-15)11(8)12/h4,8-9,11H,2-3,5-6,12H2,1H3,(H,13,14). The number of nitrogens with two attached hydrogens (primary N) is 1. The fourth-order valence-electron chi connectivity index (χ4n) is 3.02. The van der Waals surface area contributed by atoms with Crippen LogP contribution in [0.25, 0.3) is 0 Å². The lowest BCUT2D eigenvalue weighted by atomic mass is 9.93. The van der Waals surface area contributed by atoms with Crippen molar-refractivity contribution in [2.45, 2.75) is 25.8 Å². The van der Waals surface area contributed by atoms with Gasteiger partial charge in [-0.3, -0.25) is 5.10 Å². The largest absolute Gasteiger partial charge is 0.354 e. The predicted octanol–water partition coefficient (Wildman–Crippen LogP) is 0.892. The maximum atomic E-state index is 6.17. The summed E-state index contributed by atoms with van der Waals surface area (Å²) in [5, 5.41) is 7.33. The number of aryl methyl sites for hydroxylation is 1. The monoisotopic (exact) mass is 206 g/mol. The molecule has 3 N–H and O–H groups in total. The van der Waals surface area contributed by atoms with E-state index in [1.165, 1.54) is 12.8 Å². The van der Waals surface area contributed by atoms with Crippen LogP contribution in [0, 0.1) is 18.8 Å². The third kappa shape index (κ3) is 1.44. The van der Waals surface area contributed by atoms with Crippen LogP contribution >= 0.6 is 0 Å². The minimum Gasteiger partial charge on any atom is -0.354 e. The number of rotatable bonds is 1. The molecule has 3 rings (SSSR count). The van der Waals surface area contributed by atoms with Crippen molar-refractivity contribution in [3.63, 3.8) is 0 Å². The summed E-state index contributed by atoms with van der Waals surface area (Å²) >= 11 is 0. The van der Waals surface area contributed by atoms with Gasteiger partial charge in [-0.1, -0.05) is 0 Å². The first-order valence-corrected chi connectivity index (χ1v) is 5.76. The van der Waals surface area contributed by atoms with Gasteiger partial charge in [0.1, 0.15) is 0 Å². The molecule has 2 heterocycles. The van der Waals surface area contributed by atoms with E-state index in [1.54, 1.807) is 0 Å². The predicted molar refractivity (Wildman–Crippen MR) is 59.7 cm³/mol. The molecule has 4 heteroatoms. The topological polar surface area (TPSA) is 57.9 Å². The summed E-state index contributed by atoms with van der Waals surface area (Å²) in [5.41, 5.74) is 7.31. The van der Waals surface area contributed by atoms with Gasteiger partial charge in [0, 0.05) is 30.9 Å². The van der Waals surface area contributed by atoms with Gasteiger partial charge < -0.3 is 10.6 Å². The van der Waals surface area contributed by atoms with Crippen molar-refractivity contribution < 1.29 is 0 Å². The second-order valence-electron chi connectivity index (χ2n) is 4.99. The smallest absolute Gasteiger partial charge is 0.150 e. The number of anilines is 1. The fourth-order valence-corrected chi connectivity index (χ4v) is 3.02. The van der Waals surface area contributed by atoms with E-state index in [9.17, 15) is 0 Å². The number of H-pyrrole nitrogens is 1. The van der Waals surface area contributed by atoms with Crippen molar-refractivity contribution in [3.8, 4) is 0 Å². The minimum absolute atomic E-state index is 0.432. The summed E-state index contributed by atoms with van der Waals surface area (Å²) < 4.78 is 0. The SMILES string of the molecule is Cc1cc(N2CC3CCC(C2)C3N)n[nH]1. The highest BCUT2D eigenvalue weighted by molar-refractivity contribution is 5.40. The third-order valence-electron chi connectivity index (χ3n) is 3.92. The molecule has 15 heavy (non-hydrogen) atoms. The second-order valence-corrected chi connectivity index (χ2v) is 4.99. The normalized spacial score (nSPS) is 34.8. The number of aromatic nitrogens is 2. The summed E-state index contributed by atoms with van der Waals surface area (Å²) in [6, 6.07) is 2.55. The Labute approximate surface area is 89.8 Å². The van der Waals surface area contributed by atoms with Gasteiger partial charge in [-0.15, -0.1) is 0 Å². The molecule has 2 bridgehead atoms. The van der Waals surface area contributed by atoms with Crippen LogP contribution < -0.4 is 10.6 Å². The molecule has 82 valence electrons. The minimum atomic E-state index is 0.432. The Balaban J connectivity index is 1.80. The molecule has 1 aliphatic heterocycles. The van der Waals surface area contributed by atoms with E-state index in [4.69, 9.17) is 5.73 Å². The molecule has 1 aliphatic carbocycles. The molecule has 2 atom stereocenters. The van der Waals surface area contributed by atoms with E-state index in [0.717, 1.165) is 24.6 Å². The summed E-state index contributed by atoms with van der Waals surface area (Å²) in [7, 11) is 0. The zero-order chi connectivity index (χ0) is 10.4. The fraction of sp³-hybridized carbons (Fsp3) is 0.727. The van der Waals surface area contributed by atoms with Crippen LogP contribution in [0.4, 0.5) is 5.82 Å². The Morgan fingerprint density at radius 3 is 2.60 bits per heavy atom. The number of aromatic amines is 1. The number of nitrogens with zero attached hydrogens (tertiary/aromatic N) is 2. The van der Waals surface area contributed by atoms with E-state index in [-0.39, 0.29) is 0 Å². The number of piperidine rings is 1. The highest BCUT2D eigenvalue weighted by Crippen LogP contribution is 2.36. The molecule has 2 unspecified atom stereocenters. The Kier molecular flexibility index (Phi) is 1.99. The number of fused-ring (bicyclic) bond motifs is 2. The highest BCUT2D eigenvalue weighted by Gasteiger charge is 2.40. The summed E-state index contributed by atoms with van der Waals surface area (Å²) in [6.45, 7) is 4.21. The van der Waals surface area contributed by atoms with Crippen molar-refractivity contribution >= 4 is 5.82 Å². The lowest BCUT2D eigenvalue weighted by Crippen LogP contribution is -2.48. The lowest BCUT2D eigenvalue weighted by molar-refractivity contribution is 0.355. The average Bonchev–Trinajstić information content (AvgIpc) is 2.70. The van der Waals surface area contributed by atoms with Gasteiger partial charge in [-0.05, 0) is 31.6 Å². The Bertz CT molecular complexity index is 345. The highest BCUT2D eigenvalue weighted by atomic mass is 15.3. The van der Waals surface area contributed by atoms with Crippen LogP contribution in [0.15, 0.2) is 6.07 Å². The molecule has 2 fully saturated rings. The molecule has 1 saturated heterocycles. The maximum absolute atomic E-state index is 6.17. The van der Waals surface area contributed by atoms with Crippen molar-refractivity contribution in [1.29, 1.82) is 0 Å². The Morgan fingerprint density at radius 1 is 1.40 bits per heavy atom. The molecular formula is C11H18N4. The number of hydrogen-bond acceptors (Lipinski definition) is 3. The van der Waals surface area contributed by atoms with Gasteiger partial charge in [-0.2, -0.15) is 5.10 Å². The third-order valence-corrected chi connectivity index (χ3v) is 3.92. The number of nitrogens with one attached hydrogen (secondary N) is 1. The van der Waals surface area contributed by atoms with Crippen molar-refractivity contribution in [3.05, 3.63) is 11.8 Å². The zero-order valence-electron chi connectivity index (χ0n) is 9.11. The van der Waals surface area contributed by atoms with Crippen LogP contribution in [0.1, 0.15) is 18.5 Å². The quantitative estimate of drug-likeness (QED) is 0.717. The second kappa shape index (κ2) is 3.23.